The van der Waals surface area contributed by atoms with Gasteiger partial charge < -0.3 is 4.90 Å². The van der Waals surface area contributed by atoms with Gasteiger partial charge in [-0.15, -0.1) is 0 Å². The number of carbonyl (C=O) groups is 1. The molecular formula is C13H15F3N4O. The Morgan fingerprint density at radius 1 is 1.05 bits per heavy atom. The van der Waals surface area contributed by atoms with E-state index in [9.17, 15) is 18.0 Å². The number of nitriles is 3. The first-order valence-electron chi connectivity index (χ1n) is 6.00. The number of halogens is 3. The lowest BCUT2D eigenvalue weighted by Crippen LogP contribution is -2.45. The van der Waals surface area contributed by atoms with Gasteiger partial charge in [0.2, 0.25) is 5.91 Å². The number of alkyl halides is 3. The third-order valence-electron chi connectivity index (χ3n) is 3.20. The summed E-state index contributed by atoms with van der Waals surface area (Å²) < 4.78 is 36.7. The quantitative estimate of drug-likeness (QED) is 0.779. The number of nitrogens with zero attached hydrogens (tertiary/aromatic N) is 4. The molecule has 0 aliphatic heterocycles. The fraction of sp³-hybridized carbons (Fsp3) is 0.692. The first-order valence-corrected chi connectivity index (χ1v) is 6.00. The van der Waals surface area contributed by atoms with Crippen LogP contribution in [-0.2, 0) is 4.79 Å². The van der Waals surface area contributed by atoms with Gasteiger partial charge in [-0.05, 0) is 20.3 Å². The molecule has 0 rings (SSSR count). The maximum atomic E-state index is 12.2. The molecule has 0 atom stereocenters. The van der Waals surface area contributed by atoms with E-state index in [2.05, 4.69) is 0 Å². The molecule has 0 aromatic rings. The molecule has 0 aliphatic carbocycles. The molecule has 0 spiro atoms. The Kier molecular flexibility index (Phi) is 5.76. The molecular weight excluding hydrogens is 285 g/mol. The average Bonchev–Trinajstić information content (AvgIpc) is 2.41. The lowest BCUT2D eigenvalue weighted by molar-refractivity contribution is -0.142. The van der Waals surface area contributed by atoms with E-state index in [1.807, 2.05) is 6.07 Å². The van der Waals surface area contributed by atoms with Gasteiger partial charge in [0.05, 0.1) is 24.6 Å². The van der Waals surface area contributed by atoms with Gasteiger partial charge in [-0.25, -0.2) is 0 Å². The summed E-state index contributed by atoms with van der Waals surface area (Å²) in [5, 5.41) is 26.9. The zero-order chi connectivity index (χ0) is 16.9. The van der Waals surface area contributed by atoms with E-state index in [4.69, 9.17) is 15.8 Å². The fourth-order valence-corrected chi connectivity index (χ4v) is 1.42. The SMILES string of the molecule is CN(C(=O)CC(C#N)(C#N)CCC(F)(F)F)C(C)(C)C#N. The third-order valence-corrected chi connectivity index (χ3v) is 3.20. The minimum atomic E-state index is -4.51. The predicted molar refractivity (Wildman–Crippen MR) is 66.0 cm³/mol. The molecule has 0 aromatic heterocycles. The highest BCUT2D eigenvalue weighted by Crippen LogP contribution is 2.33. The van der Waals surface area contributed by atoms with E-state index < -0.39 is 42.3 Å². The third kappa shape index (κ3) is 5.31. The Balaban J connectivity index is 5.13. The molecule has 0 aliphatic rings. The summed E-state index contributed by atoms with van der Waals surface area (Å²) >= 11 is 0. The zero-order valence-corrected chi connectivity index (χ0v) is 12.0. The van der Waals surface area contributed by atoms with Crippen LogP contribution in [0, 0.1) is 39.4 Å². The Morgan fingerprint density at radius 3 is 1.86 bits per heavy atom. The lowest BCUT2D eigenvalue weighted by atomic mass is 9.82. The van der Waals surface area contributed by atoms with Crippen molar-refractivity contribution in [3.8, 4) is 18.2 Å². The molecule has 0 fully saturated rings. The van der Waals surface area contributed by atoms with Crippen molar-refractivity contribution in [3.63, 3.8) is 0 Å². The van der Waals surface area contributed by atoms with Crippen LogP contribution >= 0.6 is 0 Å². The molecule has 1 amide bonds. The minimum absolute atomic E-state index is 0.683. The van der Waals surface area contributed by atoms with Crippen molar-refractivity contribution in [2.24, 2.45) is 5.41 Å². The van der Waals surface area contributed by atoms with E-state index in [1.54, 1.807) is 0 Å². The van der Waals surface area contributed by atoms with Gasteiger partial charge in [0.25, 0.3) is 0 Å². The number of hydrogen-bond acceptors (Lipinski definition) is 4. The second kappa shape index (κ2) is 6.45. The molecule has 0 unspecified atom stereocenters. The Hall–Kier alpha value is -2.27. The predicted octanol–water partition coefficient (Wildman–Crippen LogP) is 2.51. The molecule has 21 heavy (non-hydrogen) atoms. The zero-order valence-electron chi connectivity index (χ0n) is 12.0. The van der Waals surface area contributed by atoms with Crippen molar-refractivity contribution >= 4 is 5.91 Å². The van der Waals surface area contributed by atoms with Gasteiger partial charge >= 0.3 is 6.18 Å². The van der Waals surface area contributed by atoms with E-state index >= 15 is 0 Å². The summed E-state index contributed by atoms with van der Waals surface area (Å²) in [5.41, 5.74) is -3.23. The van der Waals surface area contributed by atoms with Crippen LogP contribution in [0.1, 0.15) is 33.1 Å². The van der Waals surface area contributed by atoms with Crippen LogP contribution in [0.5, 0.6) is 0 Å². The summed E-state index contributed by atoms with van der Waals surface area (Å²) in [6.45, 7) is 2.89. The molecule has 0 aromatic carbocycles. The van der Waals surface area contributed by atoms with Gasteiger partial charge in [0.1, 0.15) is 5.54 Å². The molecule has 0 saturated carbocycles. The van der Waals surface area contributed by atoms with Gasteiger partial charge in [0, 0.05) is 13.5 Å². The Morgan fingerprint density at radius 2 is 1.52 bits per heavy atom. The molecule has 0 radical (unpaired) electrons. The molecule has 0 saturated heterocycles. The highest BCUT2D eigenvalue weighted by Gasteiger charge is 2.40. The lowest BCUT2D eigenvalue weighted by Gasteiger charge is -2.31. The van der Waals surface area contributed by atoms with Crippen LogP contribution in [0.4, 0.5) is 13.2 Å². The van der Waals surface area contributed by atoms with Crippen molar-refractivity contribution in [2.75, 3.05) is 7.05 Å². The molecule has 114 valence electrons. The monoisotopic (exact) mass is 300 g/mol. The summed E-state index contributed by atoms with van der Waals surface area (Å²) in [4.78, 5) is 13.0. The molecule has 5 nitrogen and oxygen atoms in total. The summed E-state index contributed by atoms with van der Waals surface area (Å²) in [7, 11) is 1.30. The van der Waals surface area contributed by atoms with Crippen LogP contribution in [0.25, 0.3) is 0 Å². The van der Waals surface area contributed by atoms with E-state index in [0.717, 1.165) is 4.90 Å². The molecule has 8 heteroatoms. The van der Waals surface area contributed by atoms with E-state index in [0.29, 0.717) is 0 Å². The van der Waals surface area contributed by atoms with Crippen LogP contribution in [0.15, 0.2) is 0 Å². The Labute approximate surface area is 121 Å². The summed E-state index contributed by atoms with van der Waals surface area (Å²) in [5.74, 6) is -0.730. The molecule has 0 bridgehead atoms. The van der Waals surface area contributed by atoms with E-state index in [1.165, 1.54) is 33.0 Å². The summed E-state index contributed by atoms with van der Waals surface area (Å²) in [6.07, 6.45) is -7.31. The maximum absolute atomic E-state index is 12.2. The highest BCUT2D eigenvalue weighted by atomic mass is 19.4. The number of hydrogen-bond donors (Lipinski definition) is 0. The minimum Gasteiger partial charge on any atom is -0.328 e. The van der Waals surface area contributed by atoms with Crippen molar-refractivity contribution < 1.29 is 18.0 Å². The van der Waals surface area contributed by atoms with Crippen LogP contribution in [-0.4, -0.2) is 29.6 Å². The first-order chi connectivity index (χ1) is 9.43. The van der Waals surface area contributed by atoms with Crippen molar-refractivity contribution in [2.45, 2.75) is 44.8 Å². The van der Waals surface area contributed by atoms with Crippen molar-refractivity contribution in [3.05, 3.63) is 0 Å². The first kappa shape index (κ1) is 18.7. The number of amides is 1. The summed E-state index contributed by atoms with van der Waals surface area (Å²) in [6, 6.07) is 4.86. The highest BCUT2D eigenvalue weighted by molar-refractivity contribution is 5.78. The standard InChI is InChI=1S/C13H15F3N4O/c1-11(2,7-17)20(3)10(21)6-12(8-18,9-19)4-5-13(14,15)16/h4-6H2,1-3H3. The average molecular weight is 300 g/mol. The second-order valence-electron chi connectivity index (χ2n) is 5.22. The van der Waals surface area contributed by atoms with Crippen molar-refractivity contribution in [1.29, 1.82) is 15.8 Å². The van der Waals surface area contributed by atoms with Gasteiger partial charge in [-0.2, -0.15) is 29.0 Å². The van der Waals surface area contributed by atoms with Gasteiger partial charge in [-0.1, -0.05) is 0 Å². The van der Waals surface area contributed by atoms with Crippen LogP contribution in [0.3, 0.4) is 0 Å². The normalized spacial score (nSPS) is 12.0. The maximum Gasteiger partial charge on any atom is 0.389 e. The topological polar surface area (TPSA) is 91.7 Å². The van der Waals surface area contributed by atoms with Crippen LogP contribution in [0.2, 0.25) is 0 Å². The second-order valence-corrected chi connectivity index (χ2v) is 5.22. The molecule has 0 heterocycles. The fourth-order valence-electron chi connectivity index (χ4n) is 1.42. The van der Waals surface area contributed by atoms with Gasteiger partial charge in [0.15, 0.2) is 5.41 Å². The Bertz CT molecular complexity index is 505. The number of rotatable bonds is 5. The largest absolute Gasteiger partial charge is 0.389 e. The van der Waals surface area contributed by atoms with Crippen LogP contribution < -0.4 is 0 Å². The van der Waals surface area contributed by atoms with Gasteiger partial charge in [-0.3, -0.25) is 4.79 Å². The van der Waals surface area contributed by atoms with E-state index in [-0.39, 0.29) is 0 Å². The van der Waals surface area contributed by atoms with Crippen molar-refractivity contribution in [1.82, 2.24) is 4.90 Å². The number of carbonyl (C=O) groups excluding carboxylic acids is 1. The smallest absolute Gasteiger partial charge is 0.328 e. The molecule has 0 N–H and O–H groups in total.